The van der Waals surface area contributed by atoms with E-state index < -0.39 is 0 Å². The van der Waals surface area contributed by atoms with E-state index in [1.807, 2.05) is 25.1 Å². The molecule has 0 spiro atoms. The van der Waals surface area contributed by atoms with Gasteiger partial charge in [0, 0.05) is 41.5 Å². The normalized spacial score (nSPS) is 12.0. The van der Waals surface area contributed by atoms with Crippen molar-refractivity contribution >= 4 is 23.7 Å². The Bertz CT molecular complexity index is 1180. The molecule has 31 heavy (non-hydrogen) atoms. The Balaban J connectivity index is 1.60. The maximum absolute atomic E-state index is 13.7. The van der Waals surface area contributed by atoms with Gasteiger partial charge in [-0.25, -0.2) is 4.39 Å². The maximum atomic E-state index is 13.7. The van der Waals surface area contributed by atoms with E-state index in [-0.39, 0.29) is 11.7 Å². The van der Waals surface area contributed by atoms with Crippen molar-refractivity contribution in [3.05, 3.63) is 87.7 Å². The minimum absolute atomic E-state index is 0.130. The van der Waals surface area contributed by atoms with Crippen LogP contribution in [0.3, 0.4) is 0 Å². The SMILES string of the molecule is CCOc1cc(C(=O)N(C)Cc2ccc(Cl)c3c2CN=C3)ccc1-c1cccc(F)c1. The fraction of sp³-hybridized carbons (Fsp3) is 0.200. The molecule has 4 nitrogen and oxygen atoms in total. The van der Waals surface area contributed by atoms with Crippen LogP contribution in [0.1, 0.15) is 34.0 Å². The van der Waals surface area contributed by atoms with E-state index >= 15 is 0 Å². The number of hydrogen-bond acceptors (Lipinski definition) is 3. The van der Waals surface area contributed by atoms with Gasteiger partial charge in [0.2, 0.25) is 0 Å². The molecule has 0 radical (unpaired) electrons. The van der Waals surface area contributed by atoms with Crippen molar-refractivity contribution < 1.29 is 13.9 Å². The average Bonchev–Trinajstić information content (AvgIpc) is 3.26. The van der Waals surface area contributed by atoms with E-state index in [4.69, 9.17) is 16.3 Å². The van der Waals surface area contributed by atoms with E-state index in [1.54, 1.807) is 42.4 Å². The van der Waals surface area contributed by atoms with E-state index in [0.29, 0.717) is 41.6 Å². The van der Waals surface area contributed by atoms with Crippen LogP contribution in [-0.2, 0) is 13.1 Å². The lowest BCUT2D eigenvalue weighted by Gasteiger charge is -2.20. The summed E-state index contributed by atoms with van der Waals surface area (Å²) in [5.41, 5.74) is 4.96. The molecule has 1 aliphatic rings. The minimum Gasteiger partial charge on any atom is -0.493 e. The van der Waals surface area contributed by atoms with E-state index in [1.165, 1.54) is 12.1 Å². The number of carbonyl (C=O) groups excluding carboxylic acids is 1. The third-order valence-corrected chi connectivity index (χ3v) is 5.62. The zero-order valence-electron chi connectivity index (χ0n) is 17.4. The molecule has 1 heterocycles. The van der Waals surface area contributed by atoms with Gasteiger partial charge in [0.1, 0.15) is 11.6 Å². The third-order valence-electron chi connectivity index (χ3n) is 5.29. The summed E-state index contributed by atoms with van der Waals surface area (Å²) in [5.74, 6) is 0.0989. The first-order valence-corrected chi connectivity index (χ1v) is 10.4. The topological polar surface area (TPSA) is 41.9 Å². The van der Waals surface area contributed by atoms with Gasteiger partial charge in [0.05, 0.1) is 13.2 Å². The van der Waals surface area contributed by atoms with Crippen molar-refractivity contribution in [3.8, 4) is 16.9 Å². The van der Waals surface area contributed by atoms with Crippen molar-refractivity contribution in [1.82, 2.24) is 4.90 Å². The third kappa shape index (κ3) is 4.32. The minimum atomic E-state index is -0.320. The molecule has 3 aromatic rings. The van der Waals surface area contributed by atoms with Crippen molar-refractivity contribution in [3.63, 3.8) is 0 Å². The number of halogens is 2. The van der Waals surface area contributed by atoms with Gasteiger partial charge in [-0.1, -0.05) is 29.8 Å². The van der Waals surface area contributed by atoms with E-state index in [0.717, 1.165) is 22.3 Å². The van der Waals surface area contributed by atoms with Gasteiger partial charge in [-0.15, -0.1) is 0 Å². The number of benzene rings is 3. The van der Waals surface area contributed by atoms with Gasteiger partial charge in [-0.05, 0) is 60.0 Å². The molecule has 1 aliphatic heterocycles. The van der Waals surface area contributed by atoms with Gasteiger partial charge in [0.25, 0.3) is 5.91 Å². The highest BCUT2D eigenvalue weighted by Gasteiger charge is 2.20. The lowest BCUT2D eigenvalue weighted by atomic mass is 10.0. The number of ether oxygens (including phenoxy) is 1. The summed E-state index contributed by atoms with van der Waals surface area (Å²) in [6.45, 7) is 3.33. The fourth-order valence-electron chi connectivity index (χ4n) is 3.76. The molecule has 3 aromatic carbocycles. The van der Waals surface area contributed by atoms with Crippen LogP contribution in [0.15, 0.2) is 59.6 Å². The van der Waals surface area contributed by atoms with Crippen LogP contribution >= 0.6 is 11.6 Å². The molecule has 0 saturated carbocycles. The molecule has 0 unspecified atom stereocenters. The maximum Gasteiger partial charge on any atom is 0.254 e. The Morgan fingerprint density at radius 2 is 2.03 bits per heavy atom. The summed E-state index contributed by atoms with van der Waals surface area (Å²) in [6.07, 6.45) is 1.78. The monoisotopic (exact) mass is 436 g/mol. The Hall–Kier alpha value is -3.18. The van der Waals surface area contributed by atoms with Crippen LogP contribution in [0.4, 0.5) is 4.39 Å². The van der Waals surface area contributed by atoms with Crippen LogP contribution in [0.5, 0.6) is 5.75 Å². The summed E-state index contributed by atoms with van der Waals surface area (Å²) in [5, 5.41) is 0.670. The first-order valence-electron chi connectivity index (χ1n) is 10.1. The Morgan fingerprint density at radius 3 is 2.81 bits per heavy atom. The van der Waals surface area contributed by atoms with Crippen molar-refractivity contribution in [2.24, 2.45) is 4.99 Å². The molecule has 0 aromatic heterocycles. The van der Waals surface area contributed by atoms with Crippen LogP contribution in [0.25, 0.3) is 11.1 Å². The van der Waals surface area contributed by atoms with Crippen LogP contribution in [0, 0.1) is 5.82 Å². The fourth-order valence-corrected chi connectivity index (χ4v) is 3.98. The van der Waals surface area contributed by atoms with Crippen LogP contribution in [-0.4, -0.2) is 30.7 Å². The van der Waals surface area contributed by atoms with Crippen molar-refractivity contribution in [2.75, 3.05) is 13.7 Å². The highest BCUT2D eigenvalue weighted by molar-refractivity contribution is 6.33. The molecule has 0 bridgehead atoms. The Kier molecular flexibility index (Phi) is 6.05. The molecule has 0 saturated heterocycles. The molecule has 0 atom stereocenters. The smallest absolute Gasteiger partial charge is 0.254 e. The molecule has 158 valence electrons. The number of amides is 1. The molecule has 0 aliphatic carbocycles. The standard InChI is InChI=1S/C25H22ClFN2O2/c1-3-31-24-12-17(7-9-20(24)16-5-4-6-19(27)11-16)25(30)29(2)15-18-8-10-23(26)22-14-28-13-21(18)22/h4-12,14H,3,13,15H2,1-2H3. The molecule has 0 N–H and O–H groups in total. The second-order valence-corrected chi connectivity index (χ2v) is 7.79. The van der Waals surface area contributed by atoms with Gasteiger partial charge < -0.3 is 9.64 Å². The lowest BCUT2D eigenvalue weighted by molar-refractivity contribution is 0.0784. The first-order chi connectivity index (χ1) is 15.0. The van der Waals surface area contributed by atoms with Gasteiger partial charge in [0.15, 0.2) is 0 Å². The zero-order valence-corrected chi connectivity index (χ0v) is 18.1. The van der Waals surface area contributed by atoms with Gasteiger partial charge in [-0.2, -0.15) is 0 Å². The Labute approximate surface area is 185 Å². The number of hydrogen-bond donors (Lipinski definition) is 0. The van der Waals surface area contributed by atoms with Crippen LogP contribution < -0.4 is 4.74 Å². The highest BCUT2D eigenvalue weighted by Crippen LogP contribution is 2.32. The molecule has 6 heteroatoms. The first kappa shape index (κ1) is 21.1. The summed E-state index contributed by atoms with van der Waals surface area (Å²) in [4.78, 5) is 19.1. The van der Waals surface area contributed by atoms with Crippen molar-refractivity contribution in [1.29, 1.82) is 0 Å². The number of nitrogens with zero attached hydrogens (tertiary/aromatic N) is 2. The number of carbonyl (C=O) groups is 1. The predicted molar refractivity (Wildman–Crippen MR) is 122 cm³/mol. The van der Waals surface area contributed by atoms with Crippen LogP contribution in [0.2, 0.25) is 5.02 Å². The predicted octanol–water partition coefficient (Wildman–Crippen LogP) is 5.75. The van der Waals surface area contributed by atoms with Gasteiger partial charge in [-0.3, -0.25) is 9.79 Å². The lowest BCUT2D eigenvalue weighted by Crippen LogP contribution is -2.26. The number of rotatable bonds is 6. The summed E-state index contributed by atoms with van der Waals surface area (Å²) in [6, 6.07) is 15.4. The molecular formula is C25H22ClFN2O2. The van der Waals surface area contributed by atoms with Gasteiger partial charge >= 0.3 is 0 Å². The Morgan fingerprint density at radius 1 is 1.19 bits per heavy atom. The summed E-state index contributed by atoms with van der Waals surface area (Å²) >= 11 is 6.25. The summed E-state index contributed by atoms with van der Waals surface area (Å²) < 4.78 is 19.5. The van der Waals surface area contributed by atoms with Crippen molar-refractivity contribution in [2.45, 2.75) is 20.0 Å². The molecule has 4 rings (SSSR count). The van der Waals surface area contributed by atoms with E-state index in [9.17, 15) is 9.18 Å². The second-order valence-electron chi connectivity index (χ2n) is 7.38. The second kappa shape index (κ2) is 8.90. The highest BCUT2D eigenvalue weighted by atomic mass is 35.5. The summed E-state index contributed by atoms with van der Waals surface area (Å²) in [7, 11) is 1.76. The molecular weight excluding hydrogens is 415 g/mol. The zero-order chi connectivity index (χ0) is 22.0. The average molecular weight is 437 g/mol. The quantitative estimate of drug-likeness (QED) is 0.493. The number of fused-ring (bicyclic) bond motifs is 1. The molecule has 0 fully saturated rings. The number of aliphatic imine (C=N–C) groups is 1. The van der Waals surface area contributed by atoms with E-state index in [2.05, 4.69) is 4.99 Å². The molecule has 1 amide bonds. The largest absolute Gasteiger partial charge is 0.493 e.